The van der Waals surface area contributed by atoms with Crippen LogP contribution in [0, 0.1) is 6.92 Å². The molecule has 100 valence electrons. The third kappa shape index (κ3) is 3.57. The molecule has 0 fully saturated rings. The van der Waals surface area contributed by atoms with Gasteiger partial charge in [-0.25, -0.2) is 9.00 Å². The van der Waals surface area contributed by atoms with Crippen LogP contribution >= 0.6 is 0 Å². The van der Waals surface area contributed by atoms with E-state index in [4.69, 9.17) is 0 Å². The van der Waals surface area contributed by atoms with Gasteiger partial charge in [-0.3, -0.25) is 0 Å². The van der Waals surface area contributed by atoms with E-state index in [1.807, 2.05) is 27.7 Å². The van der Waals surface area contributed by atoms with Crippen LogP contribution in [-0.2, 0) is 15.7 Å². The molecule has 4 nitrogen and oxygen atoms in total. The van der Waals surface area contributed by atoms with E-state index >= 15 is 0 Å². The summed E-state index contributed by atoms with van der Waals surface area (Å²) in [5.74, 6) is -0.365. The van der Waals surface area contributed by atoms with Crippen molar-refractivity contribution in [2.45, 2.75) is 32.4 Å². The first-order valence-corrected chi connectivity index (χ1v) is 6.78. The lowest BCUT2D eigenvalue weighted by Crippen LogP contribution is -2.27. The summed E-state index contributed by atoms with van der Waals surface area (Å²) in [6, 6.07) is 5.18. The van der Waals surface area contributed by atoms with Crippen molar-refractivity contribution in [2.24, 2.45) is 0 Å². The first kappa shape index (κ1) is 14.7. The lowest BCUT2D eigenvalue weighted by molar-refractivity contribution is 0.0600. The van der Waals surface area contributed by atoms with Gasteiger partial charge in [0, 0.05) is 5.69 Å². The molecule has 0 aliphatic rings. The second-order valence-electron chi connectivity index (χ2n) is 5.00. The van der Waals surface area contributed by atoms with Crippen LogP contribution in [0.3, 0.4) is 0 Å². The van der Waals surface area contributed by atoms with Gasteiger partial charge in [-0.1, -0.05) is 0 Å². The smallest absolute Gasteiger partial charge is 0.338 e. The Kier molecular flexibility index (Phi) is 4.51. The number of ether oxygens (including phenoxy) is 1. The molecule has 1 aromatic carbocycles. The van der Waals surface area contributed by atoms with Gasteiger partial charge in [-0.2, -0.15) is 0 Å². The summed E-state index contributed by atoms with van der Waals surface area (Å²) in [4.78, 5) is 11.4. The Labute approximate surface area is 110 Å². The van der Waals surface area contributed by atoms with Crippen molar-refractivity contribution < 1.29 is 13.7 Å². The van der Waals surface area contributed by atoms with Crippen LogP contribution in [0.25, 0.3) is 0 Å². The van der Waals surface area contributed by atoms with Crippen molar-refractivity contribution in [3.05, 3.63) is 29.3 Å². The van der Waals surface area contributed by atoms with Crippen LogP contribution in [0.15, 0.2) is 18.2 Å². The zero-order chi connectivity index (χ0) is 13.9. The number of benzene rings is 1. The average molecular weight is 269 g/mol. The molecule has 0 heterocycles. The number of rotatable bonds is 3. The molecular formula is C13H19NO3S. The fourth-order valence-corrected chi connectivity index (χ4v) is 1.97. The number of carbonyl (C=O) groups excluding carboxylic acids is 1. The fraction of sp³-hybridized carbons (Fsp3) is 0.462. The number of hydrogen-bond donors (Lipinski definition) is 1. The number of aryl methyl sites for hydroxylation is 1. The zero-order valence-corrected chi connectivity index (χ0v) is 12.2. The van der Waals surface area contributed by atoms with E-state index in [0.717, 1.165) is 11.3 Å². The quantitative estimate of drug-likeness (QED) is 0.858. The lowest BCUT2D eigenvalue weighted by Gasteiger charge is -2.19. The summed E-state index contributed by atoms with van der Waals surface area (Å²) >= 11 is 0. The minimum Gasteiger partial charge on any atom is -0.465 e. The third-order valence-corrected chi connectivity index (χ3v) is 3.93. The highest BCUT2D eigenvalue weighted by atomic mass is 32.2. The van der Waals surface area contributed by atoms with Crippen LogP contribution in [0.2, 0.25) is 0 Å². The van der Waals surface area contributed by atoms with Gasteiger partial charge in [0.15, 0.2) is 0 Å². The molecule has 0 amide bonds. The Morgan fingerprint density at radius 1 is 1.33 bits per heavy atom. The second-order valence-corrected chi connectivity index (χ2v) is 6.97. The second kappa shape index (κ2) is 5.52. The minimum absolute atomic E-state index is 0.338. The molecule has 0 bridgehead atoms. The largest absolute Gasteiger partial charge is 0.465 e. The highest BCUT2D eigenvalue weighted by Crippen LogP contribution is 2.19. The molecule has 0 radical (unpaired) electrons. The molecule has 18 heavy (non-hydrogen) atoms. The predicted molar refractivity (Wildman–Crippen MR) is 74.0 cm³/mol. The molecule has 0 spiro atoms. The van der Waals surface area contributed by atoms with Gasteiger partial charge in [0.1, 0.15) is 11.0 Å². The van der Waals surface area contributed by atoms with Crippen LogP contribution in [-0.4, -0.2) is 22.0 Å². The average Bonchev–Trinajstić information content (AvgIpc) is 2.27. The molecule has 0 saturated heterocycles. The van der Waals surface area contributed by atoms with E-state index in [1.54, 1.807) is 18.2 Å². The Morgan fingerprint density at radius 3 is 2.39 bits per heavy atom. The van der Waals surface area contributed by atoms with Crippen LogP contribution in [0.4, 0.5) is 5.69 Å². The molecule has 0 aromatic heterocycles. The van der Waals surface area contributed by atoms with E-state index in [9.17, 15) is 9.00 Å². The number of nitrogens with one attached hydrogen (secondary N) is 1. The van der Waals surface area contributed by atoms with Crippen molar-refractivity contribution >= 4 is 22.6 Å². The van der Waals surface area contributed by atoms with Crippen molar-refractivity contribution in [1.82, 2.24) is 0 Å². The number of methoxy groups -OCH3 is 1. The molecule has 1 aromatic rings. The Morgan fingerprint density at radius 2 is 1.94 bits per heavy atom. The standard InChI is InChI=1S/C13H19NO3S/c1-9-8-10(14-18(16)13(2,3)4)6-7-11(9)12(15)17-5/h6-8,14H,1-5H3. The number of anilines is 1. The van der Waals surface area contributed by atoms with Crippen molar-refractivity contribution in [3.8, 4) is 0 Å². The molecule has 1 atom stereocenters. The fourth-order valence-electron chi connectivity index (χ4n) is 1.33. The van der Waals surface area contributed by atoms with Gasteiger partial charge in [0.2, 0.25) is 0 Å². The molecule has 0 aliphatic carbocycles. The highest BCUT2D eigenvalue weighted by molar-refractivity contribution is 7.87. The number of esters is 1. The Bertz CT molecular complexity index is 478. The van der Waals surface area contributed by atoms with Crippen molar-refractivity contribution in [2.75, 3.05) is 11.8 Å². The SMILES string of the molecule is COC(=O)c1ccc(NS(=O)C(C)(C)C)cc1C. The van der Waals surface area contributed by atoms with Gasteiger partial charge in [-0.05, 0) is 51.5 Å². The molecule has 0 aliphatic heterocycles. The van der Waals surface area contributed by atoms with E-state index in [1.165, 1.54) is 7.11 Å². The van der Waals surface area contributed by atoms with E-state index in [-0.39, 0.29) is 10.7 Å². The van der Waals surface area contributed by atoms with Gasteiger partial charge in [-0.15, -0.1) is 0 Å². The first-order valence-electron chi connectivity index (χ1n) is 5.63. The topological polar surface area (TPSA) is 55.4 Å². The van der Waals surface area contributed by atoms with Crippen LogP contribution in [0.1, 0.15) is 36.7 Å². The molecule has 1 unspecified atom stereocenters. The summed E-state index contributed by atoms with van der Waals surface area (Å²) in [7, 11) is 0.168. The lowest BCUT2D eigenvalue weighted by atomic mass is 10.1. The first-order chi connectivity index (χ1) is 8.25. The zero-order valence-electron chi connectivity index (χ0n) is 11.4. The van der Waals surface area contributed by atoms with E-state index in [2.05, 4.69) is 9.46 Å². The van der Waals surface area contributed by atoms with Crippen molar-refractivity contribution in [3.63, 3.8) is 0 Å². The van der Waals surface area contributed by atoms with Gasteiger partial charge in [0.05, 0.1) is 17.4 Å². The van der Waals surface area contributed by atoms with Gasteiger partial charge < -0.3 is 9.46 Å². The summed E-state index contributed by atoms with van der Waals surface area (Å²) < 4.78 is 19.2. The Hall–Kier alpha value is -1.36. The maximum atomic E-state index is 11.9. The van der Waals surface area contributed by atoms with Gasteiger partial charge >= 0.3 is 5.97 Å². The maximum absolute atomic E-state index is 11.9. The predicted octanol–water partition coefficient (Wildman–Crippen LogP) is 2.66. The molecule has 5 heteroatoms. The summed E-state index contributed by atoms with van der Waals surface area (Å²) in [6.07, 6.45) is 0. The summed E-state index contributed by atoms with van der Waals surface area (Å²) in [5, 5.41) is 0. The minimum atomic E-state index is -1.18. The van der Waals surface area contributed by atoms with Crippen LogP contribution in [0.5, 0.6) is 0 Å². The van der Waals surface area contributed by atoms with E-state index < -0.39 is 11.0 Å². The number of hydrogen-bond acceptors (Lipinski definition) is 3. The van der Waals surface area contributed by atoms with Crippen molar-refractivity contribution in [1.29, 1.82) is 0 Å². The normalized spacial score (nSPS) is 12.9. The summed E-state index contributed by atoms with van der Waals surface area (Å²) in [6.45, 7) is 7.50. The van der Waals surface area contributed by atoms with Crippen LogP contribution < -0.4 is 4.72 Å². The molecule has 0 saturated carbocycles. The summed E-state index contributed by atoms with van der Waals surface area (Å²) in [5.41, 5.74) is 2.04. The molecule has 1 N–H and O–H groups in total. The highest BCUT2D eigenvalue weighted by Gasteiger charge is 2.20. The molecule has 1 rings (SSSR count). The number of carbonyl (C=O) groups is 1. The van der Waals surface area contributed by atoms with E-state index in [0.29, 0.717) is 5.56 Å². The third-order valence-electron chi connectivity index (χ3n) is 2.40. The monoisotopic (exact) mass is 269 g/mol. The maximum Gasteiger partial charge on any atom is 0.338 e. The molecular weight excluding hydrogens is 250 g/mol. The van der Waals surface area contributed by atoms with Gasteiger partial charge in [0.25, 0.3) is 0 Å². The Balaban J connectivity index is 2.92.